The van der Waals surface area contributed by atoms with E-state index in [9.17, 15) is 18.3 Å². The Kier molecular flexibility index (Phi) is 4.58. The topological polar surface area (TPSA) is 23.5 Å². The second kappa shape index (κ2) is 6.04. The van der Waals surface area contributed by atoms with E-state index in [1.807, 2.05) is 7.05 Å². The molecular weight excluding hydrogens is 267 g/mol. The van der Waals surface area contributed by atoms with Crippen molar-refractivity contribution in [1.29, 1.82) is 0 Å². The molecule has 0 amide bonds. The summed E-state index contributed by atoms with van der Waals surface area (Å²) in [5.74, 6) is -0.0427. The van der Waals surface area contributed by atoms with Crippen LogP contribution in [0.15, 0.2) is 18.2 Å². The first-order valence-electron chi connectivity index (χ1n) is 6.94. The van der Waals surface area contributed by atoms with Crippen molar-refractivity contribution >= 4 is 0 Å². The molecule has 0 bridgehead atoms. The van der Waals surface area contributed by atoms with Gasteiger partial charge < -0.3 is 10.0 Å². The molecule has 1 aliphatic rings. The molecule has 2 rings (SSSR count). The molecule has 0 aliphatic heterocycles. The normalized spacial score (nSPS) is 17.1. The summed E-state index contributed by atoms with van der Waals surface area (Å²) in [7, 11) is 1.93. The van der Waals surface area contributed by atoms with Crippen LogP contribution in [0.25, 0.3) is 0 Å². The van der Waals surface area contributed by atoms with Crippen molar-refractivity contribution in [3.8, 4) is 5.75 Å². The third-order valence-electron chi connectivity index (χ3n) is 3.86. The molecule has 2 nitrogen and oxygen atoms in total. The van der Waals surface area contributed by atoms with Crippen LogP contribution >= 0.6 is 0 Å². The molecule has 1 saturated carbocycles. The van der Waals surface area contributed by atoms with Gasteiger partial charge >= 0.3 is 6.18 Å². The van der Waals surface area contributed by atoms with Crippen molar-refractivity contribution in [3.63, 3.8) is 0 Å². The number of rotatable bonds is 4. The molecular formula is C15H20F3NO. The van der Waals surface area contributed by atoms with Gasteiger partial charge in [0.05, 0.1) is 5.56 Å². The Hall–Kier alpha value is -1.23. The molecule has 1 aromatic rings. The van der Waals surface area contributed by atoms with Gasteiger partial charge in [0.15, 0.2) is 0 Å². The third-order valence-corrected chi connectivity index (χ3v) is 3.86. The molecule has 0 unspecified atom stereocenters. The maximum Gasteiger partial charge on any atom is 0.419 e. The van der Waals surface area contributed by atoms with E-state index in [0.717, 1.165) is 18.7 Å². The predicted molar refractivity (Wildman–Crippen MR) is 71.4 cm³/mol. The molecule has 0 spiro atoms. The molecule has 1 fully saturated rings. The largest absolute Gasteiger partial charge is 0.507 e. The lowest BCUT2D eigenvalue weighted by molar-refractivity contribution is -0.138. The van der Waals surface area contributed by atoms with Crippen molar-refractivity contribution in [1.82, 2.24) is 4.90 Å². The van der Waals surface area contributed by atoms with Crippen LogP contribution in [0.1, 0.15) is 36.8 Å². The van der Waals surface area contributed by atoms with E-state index in [-0.39, 0.29) is 0 Å². The zero-order valence-electron chi connectivity index (χ0n) is 11.6. The molecule has 0 heterocycles. The maximum absolute atomic E-state index is 12.7. The lowest BCUT2D eigenvalue weighted by atomic mass is 10.1. The molecule has 0 aromatic heterocycles. The van der Waals surface area contributed by atoms with Crippen LogP contribution in [-0.2, 0) is 12.7 Å². The zero-order valence-corrected chi connectivity index (χ0v) is 11.6. The number of hydrogen-bond donors (Lipinski definition) is 1. The summed E-state index contributed by atoms with van der Waals surface area (Å²) in [6, 6.07) is 3.72. The van der Waals surface area contributed by atoms with E-state index in [0.29, 0.717) is 18.0 Å². The summed E-state index contributed by atoms with van der Waals surface area (Å²) in [6.45, 7) is 1.39. The Balaban J connectivity index is 2.01. The van der Waals surface area contributed by atoms with Gasteiger partial charge in [0.2, 0.25) is 0 Å². The van der Waals surface area contributed by atoms with Gasteiger partial charge in [0.1, 0.15) is 5.75 Å². The van der Waals surface area contributed by atoms with Crippen LogP contribution in [0.2, 0.25) is 0 Å². The van der Waals surface area contributed by atoms with Crippen molar-refractivity contribution < 1.29 is 18.3 Å². The Morgan fingerprint density at radius 2 is 1.90 bits per heavy atom. The second-order valence-electron chi connectivity index (χ2n) is 5.70. The van der Waals surface area contributed by atoms with Crippen LogP contribution < -0.4 is 0 Å². The Labute approximate surface area is 117 Å². The molecule has 20 heavy (non-hydrogen) atoms. The number of nitrogens with zero attached hydrogens (tertiary/aromatic N) is 1. The number of hydrogen-bond acceptors (Lipinski definition) is 2. The number of phenolic OH excluding ortho intramolecular Hbond substituents is 1. The van der Waals surface area contributed by atoms with E-state index >= 15 is 0 Å². The van der Waals surface area contributed by atoms with Crippen LogP contribution in [0.3, 0.4) is 0 Å². The number of benzene rings is 1. The average molecular weight is 287 g/mol. The van der Waals surface area contributed by atoms with Crippen molar-refractivity contribution in [2.24, 2.45) is 5.92 Å². The van der Waals surface area contributed by atoms with Gasteiger partial charge in [0, 0.05) is 13.1 Å². The first-order chi connectivity index (χ1) is 9.36. The minimum absolute atomic E-state index is 0.472. The van der Waals surface area contributed by atoms with Gasteiger partial charge in [-0.3, -0.25) is 0 Å². The van der Waals surface area contributed by atoms with E-state index in [1.165, 1.54) is 25.7 Å². The highest BCUT2D eigenvalue weighted by atomic mass is 19.4. The first kappa shape index (κ1) is 15.2. The number of aromatic hydroxyl groups is 1. The second-order valence-corrected chi connectivity index (χ2v) is 5.70. The Morgan fingerprint density at radius 1 is 1.25 bits per heavy atom. The SMILES string of the molecule is CN(Cc1ccc(O)c(C(F)(F)F)c1)CC1CCCC1. The van der Waals surface area contributed by atoms with Crippen LogP contribution in [0.5, 0.6) is 5.75 Å². The van der Waals surface area contributed by atoms with E-state index < -0.39 is 17.5 Å². The molecule has 0 radical (unpaired) electrons. The highest BCUT2D eigenvalue weighted by Crippen LogP contribution is 2.36. The molecule has 1 aliphatic carbocycles. The van der Waals surface area contributed by atoms with Crippen molar-refractivity contribution in [3.05, 3.63) is 29.3 Å². The molecule has 5 heteroatoms. The van der Waals surface area contributed by atoms with Crippen LogP contribution in [0.4, 0.5) is 13.2 Å². The number of halogens is 3. The minimum Gasteiger partial charge on any atom is -0.507 e. The third kappa shape index (κ3) is 3.88. The first-order valence-corrected chi connectivity index (χ1v) is 6.94. The summed E-state index contributed by atoms with van der Waals surface area (Å²) in [5.41, 5.74) is -0.375. The Morgan fingerprint density at radius 3 is 2.50 bits per heavy atom. The van der Waals surface area contributed by atoms with Gasteiger partial charge in [-0.25, -0.2) is 0 Å². The summed E-state index contributed by atoms with van der Waals surface area (Å²) < 4.78 is 38.2. The summed E-state index contributed by atoms with van der Waals surface area (Å²) in [5, 5.41) is 9.30. The number of alkyl halides is 3. The fourth-order valence-electron chi connectivity index (χ4n) is 2.92. The zero-order chi connectivity index (χ0) is 14.8. The summed E-state index contributed by atoms with van der Waals surface area (Å²) in [4.78, 5) is 2.06. The Bertz CT molecular complexity index is 453. The van der Waals surface area contributed by atoms with Gasteiger partial charge in [-0.1, -0.05) is 18.9 Å². The number of phenols is 1. The molecule has 112 valence electrons. The smallest absolute Gasteiger partial charge is 0.419 e. The maximum atomic E-state index is 12.7. The van der Waals surface area contributed by atoms with Gasteiger partial charge in [-0.15, -0.1) is 0 Å². The average Bonchev–Trinajstić information content (AvgIpc) is 2.83. The lowest BCUT2D eigenvalue weighted by Crippen LogP contribution is -2.24. The van der Waals surface area contributed by atoms with E-state index in [4.69, 9.17) is 0 Å². The standard InChI is InChI=1S/C15H20F3NO/c1-19(9-11-4-2-3-5-11)10-12-6-7-14(20)13(8-12)15(16,17)18/h6-8,11,20H,2-5,9-10H2,1H3. The van der Waals surface area contributed by atoms with Gasteiger partial charge in [-0.2, -0.15) is 13.2 Å². The van der Waals surface area contributed by atoms with E-state index in [1.54, 1.807) is 6.07 Å². The summed E-state index contributed by atoms with van der Waals surface area (Å²) in [6.07, 6.45) is 0.442. The summed E-state index contributed by atoms with van der Waals surface area (Å²) >= 11 is 0. The van der Waals surface area contributed by atoms with E-state index in [2.05, 4.69) is 4.90 Å². The van der Waals surface area contributed by atoms with Gasteiger partial charge in [0.25, 0.3) is 0 Å². The van der Waals surface area contributed by atoms with Crippen molar-refractivity contribution in [2.45, 2.75) is 38.4 Å². The van der Waals surface area contributed by atoms with Gasteiger partial charge in [-0.05, 0) is 43.5 Å². The molecule has 0 saturated heterocycles. The fourth-order valence-corrected chi connectivity index (χ4v) is 2.92. The van der Waals surface area contributed by atoms with Crippen LogP contribution in [-0.4, -0.2) is 23.6 Å². The monoisotopic (exact) mass is 287 g/mol. The highest BCUT2D eigenvalue weighted by Gasteiger charge is 2.34. The van der Waals surface area contributed by atoms with Crippen molar-refractivity contribution in [2.75, 3.05) is 13.6 Å². The lowest BCUT2D eigenvalue weighted by Gasteiger charge is -2.21. The quantitative estimate of drug-likeness (QED) is 0.903. The highest BCUT2D eigenvalue weighted by molar-refractivity contribution is 5.38. The minimum atomic E-state index is -4.51. The van der Waals surface area contributed by atoms with Crippen LogP contribution in [0, 0.1) is 5.92 Å². The predicted octanol–water partition coefficient (Wildman–Crippen LogP) is 4.03. The molecule has 0 atom stereocenters. The molecule has 1 aromatic carbocycles. The fraction of sp³-hybridized carbons (Fsp3) is 0.600. The molecule has 1 N–H and O–H groups in total.